The minimum absolute atomic E-state index is 0. The summed E-state index contributed by atoms with van der Waals surface area (Å²) in [4.78, 5) is 0. The van der Waals surface area contributed by atoms with Gasteiger partial charge in [-0.1, -0.05) is 17.7 Å². The van der Waals surface area contributed by atoms with Crippen LogP contribution in [0.2, 0.25) is 5.02 Å². The van der Waals surface area contributed by atoms with Crippen molar-refractivity contribution in [1.82, 2.24) is 0 Å². The summed E-state index contributed by atoms with van der Waals surface area (Å²) < 4.78 is 0. The fourth-order valence-corrected chi connectivity index (χ4v) is 1.01. The van der Waals surface area contributed by atoms with Gasteiger partial charge < -0.3 is 11.1 Å². The van der Waals surface area contributed by atoms with Crippen molar-refractivity contribution < 1.29 is 0 Å². The Morgan fingerprint density at radius 3 is 2.75 bits per heavy atom. The molecule has 0 heterocycles. The third-order valence-electron chi connectivity index (χ3n) is 1.30. The summed E-state index contributed by atoms with van der Waals surface area (Å²) in [5, 5.41) is 3.87. The molecule has 68 valence electrons. The van der Waals surface area contributed by atoms with Crippen molar-refractivity contribution in [1.29, 1.82) is 0 Å². The minimum Gasteiger partial charge on any atom is -0.384 e. The Balaban J connectivity index is 0.00000121. The van der Waals surface area contributed by atoms with Crippen molar-refractivity contribution in [3.05, 3.63) is 29.3 Å². The van der Waals surface area contributed by atoms with Crippen molar-refractivity contribution in [3.63, 3.8) is 0 Å². The molecule has 4 heteroatoms. The molecule has 1 rings (SSSR count). The smallest absolute Gasteiger partial charge is 0.0426 e. The zero-order valence-electron chi connectivity index (χ0n) is 6.59. The number of hydrogen-bond donors (Lipinski definition) is 2. The van der Waals surface area contributed by atoms with E-state index >= 15 is 0 Å². The number of rotatable bonds is 3. The van der Waals surface area contributed by atoms with E-state index in [1.165, 1.54) is 0 Å². The number of benzene rings is 1. The van der Waals surface area contributed by atoms with E-state index in [1.54, 1.807) is 0 Å². The van der Waals surface area contributed by atoms with Gasteiger partial charge in [0.25, 0.3) is 0 Å². The van der Waals surface area contributed by atoms with E-state index in [2.05, 4.69) is 5.32 Å². The molecule has 0 spiro atoms. The molecule has 0 saturated carbocycles. The highest BCUT2D eigenvalue weighted by Crippen LogP contribution is 2.13. The van der Waals surface area contributed by atoms with Crippen molar-refractivity contribution in [2.24, 2.45) is 5.73 Å². The Bertz CT molecular complexity index is 228. The largest absolute Gasteiger partial charge is 0.384 e. The molecule has 0 unspecified atom stereocenters. The molecule has 1 aromatic rings. The third kappa shape index (κ3) is 3.81. The molecule has 0 fully saturated rings. The van der Waals surface area contributed by atoms with Gasteiger partial charge in [-0.05, 0) is 18.2 Å². The normalized spacial score (nSPS) is 8.83. The van der Waals surface area contributed by atoms with Crippen LogP contribution in [0.5, 0.6) is 0 Å². The van der Waals surface area contributed by atoms with E-state index in [4.69, 9.17) is 17.3 Å². The van der Waals surface area contributed by atoms with Gasteiger partial charge in [-0.15, -0.1) is 12.4 Å². The molecule has 3 N–H and O–H groups in total. The van der Waals surface area contributed by atoms with Crippen LogP contribution in [0.4, 0.5) is 5.69 Å². The first kappa shape index (κ1) is 11.6. The second-order valence-corrected chi connectivity index (χ2v) is 2.66. The summed E-state index contributed by atoms with van der Waals surface area (Å²) in [5.41, 5.74) is 6.34. The van der Waals surface area contributed by atoms with E-state index in [0.29, 0.717) is 6.54 Å². The summed E-state index contributed by atoms with van der Waals surface area (Å²) in [6, 6.07) is 7.58. The van der Waals surface area contributed by atoms with Gasteiger partial charge in [0.15, 0.2) is 0 Å². The van der Waals surface area contributed by atoms with Gasteiger partial charge in [-0.25, -0.2) is 0 Å². The molecular formula is C8H12Cl2N2. The number of hydrogen-bond acceptors (Lipinski definition) is 2. The van der Waals surface area contributed by atoms with Crippen LogP contribution in [-0.2, 0) is 0 Å². The van der Waals surface area contributed by atoms with Crippen LogP contribution in [0, 0.1) is 0 Å². The predicted octanol–water partition coefficient (Wildman–Crippen LogP) is 2.13. The Labute approximate surface area is 83.5 Å². The topological polar surface area (TPSA) is 38.0 Å². The van der Waals surface area contributed by atoms with E-state index in [0.717, 1.165) is 17.3 Å². The highest BCUT2D eigenvalue weighted by Gasteiger charge is 1.90. The maximum Gasteiger partial charge on any atom is 0.0426 e. The maximum absolute atomic E-state index is 5.75. The third-order valence-corrected chi connectivity index (χ3v) is 1.53. The number of nitrogens with one attached hydrogen (secondary N) is 1. The van der Waals surface area contributed by atoms with Crippen LogP contribution in [0.3, 0.4) is 0 Å². The molecule has 0 aliphatic heterocycles. The molecule has 0 radical (unpaired) electrons. The quantitative estimate of drug-likeness (QED) is 0.796. The van der Waals surface area contributed by atoms with E-state index in [1.807, 2.05) is 24.3 Å². The van der Waals surface area contributed by atoms with Crippen LogP contribution < -0.4 is 11.1 Å². The van der Waals surface area contributed by atoms with Crippen molar-refractivity contribution >= 4 is 29.7 Å². The van der Waals surface area contributed by atoms with Gasteiger partial charge in [0.05, 0.1) is 0 Å². The summed E-state index contributed by atoms with van der Waals surface area (Å²) in [5.74, 6) is 0. The molecule has 0 amide bonds. The molecule has 12 heavy (non-hydrogen) atoms. The Kier molecular flexibility index (Phi) is 5.89. The van der Waals surface area contributed by atoms with Crippen molar-refractivity contribution in [2.75, 3.05) is 18.4 Å². The first-order valence-electron chi connectivity index (χ1n) is 3.52. The second kappa shape index (κ2) is 6.12. The van der Waals surface area contributed by atoms with Crippen LogP contribution in [0.1, 0.15) is 0 Å². The molecule has 0 aromatic heterocycles. The lowest BCUT2D eigenvalue weighted by molar-refractivity contribution is 1.02. The van der Waals surface area contributed by atoms with E-state index in [9.17, 15) is 0 Å². The Morgan fingerprint density at radius 1 is 1.42 bits per heavy atom. The predicted molar refractivity (Wildman–Crippen MR) is 56.2 cm³/mol. The number of nitrogens with two attached hydrogens (primary N) is 1. The average molecular weight is 207 g/mol. The van der Waals surface area contributed by atoms with Gasteiger partial charge in [0.1, 0.15) is 0 Å². The zero-order valence-corrected chi connectivity index (χ0v) is 8.16. The lowest BCUT2D eigenvalue weighted by Crippen LogP contribution is -2.12. The van der Waals surface area contributed by atoms with Crippen LogP contribution in [0.25, 0.3) is 0 Å². The van der Waals surface area contributed by atoms with Crippen molar-refractivity contribution in [2.45, 2.75) is 0 Å². The Morgan fingerprint density at radius 2 is 2.17 bits per heavy atom. The van der Waals surface area contributed by atoms with Crippen LogP contribution in [-0.4, -0.2) is 13.1 Å². The minimum atomic E-state index is 0. The summed E-state index contributed by atoms with van der Waals surface area (Å²) >= 11 is 5.75. The highest BCUT2D eigenvalue weighted by molar-refractivity contribution is 6.30. The second-order valence-electron chi connectivity index (χ2n) is 2.23. The van der Waals surface area contributed by atoms with Crippen molar-refractivity contribution in [3.8, 4) is 0 Å². The zero-order chi connectivity index (χ0) is 8.10. The average Bonchev–Trinajstić information content (AvgIpc) is 2.01. The summed E-state index contributed by atoms with van der Waals surface area (Å²) in [6.07, 6.45) is 0. The molecule has 0 saturated heterocycles. The summed E-state index contributed by atoms with van der Waals surface area (Å²) in [7, 11) is 0. The molecule has 0 aliphatic rings. The fourth-order valence-electron chi connectivity index (χ4n) is 0.815. The fraction of sp³-hybridized carbons (Fsp3) is 0.250. The lowest BCUT2D eigenvalue weighted by atomic mass is 10.3. The molecule has 2 nitrogen and oxygen atoms in total. The molecule has 0 atom stereocenters. The monoisotopic (exact) mass is 206 g/mol. The van der Waals surface area contributed by atoms with Crippen LogP contribution in [0.15, 0.2) is 24.3 Å². The molecule has 0 aliphatic carbocycles. The first-order chi connectivity index (χ1) is 5.33. The van der Waals surface area contributed by atoms with Gasteiger partial charge in [-0.3, -0.25) is 0 Å². The standard InChI is InChI=1S/C8H11ClN2.ClH/c9-7-2-1-3-8(6-7)11-5-4-10;/h1-3,6,11H,4-5,10H2;1H. The number of halogens is 2. The van der Waals surface area contributed by atoms with Gasteiger partial charge in [-0.2, -0.15) is 0 Å². The van der Waals surface area contributed by atoms with Gasteiger partial charge in [0, 0.05) is 23.8 Å². The Hall–Kier alpha value is -0.440. The molecular weight excluding hydrogens is 195 g/mol. The van der Waals surface area contributed by atoms with Crippen LogP contribution >= 0.6 is 24.0 Å². The van der Waals surface area contributed by atoms with E-state index < -0.39 is 0 Å². The highest BCUT2D eigenvalue weighted by atomic mass is 35.5. The summed E-state index contributed by atoms with van der Waals surface area (Å²) in [6.45, 7) is 1.41. The molecule has 1 aromatic carbocycles. The SMILES string of the molecule is Cl.NCCNc1cccc(Cl)c1. The lowest BCUT2D eigenvalue weighted by Gasteiger charge is -2.03. The van der Waals surface area contributed by atoms with E-state index in [-0.39, 0.29) is 12.4 Å². The van der Waals surface area contributed by atoms with Gasteiger partial charge in [0.2, 0.25) is 0 Å². The maximum atomic E-state index is 5.75. The van der Waals surface area contributed by atoms with Gasteiger partial charge >= 0.3 is 0 Å². The molecule has 0 bridgehead atoms. The first-order valence-corrected chi connectivity index (χ1v) is 3.90. The number of anilines is 1.